The number of carbonyl (C=O) groups excluding carboxylic acids is 1. The minimum atomic E-state index is -1.53. The van der Waals surface area contributed by atoms with Gasteiger partial charge in [0.1, 0.15) is 5.75 Å². The zero-order valence-electron chi connectivity index (χ0n) is 10.4. The number of hydrogen-bond acceptors (Lipinski definition) is 3. The second-order valence-corrected chi connectivity index (χ2v) is 4.09. The lowest BCUT2D eigenvalue weighted by molar-refractivity contribution is 0.0697. The summed E-state index contributed by atoms with van der Waals surface area (Å²) in [5, 5.41) is 20.6. The van der Waals surface area contributed by atoms with Crippen molar-refractivity contribution in [2.75, 3.05) is 5.32 Å². The number of nitrogens with one attached hydrogen (secondary N) is 1. The Kier molecular flexibility index (Phi) is 3.84. The summed E-state index contributed by atoms with van der Waals surface area (Å²) in [5.74, 6) is -5.34. The number of carboxylic acids is 1. The number of anilines is 1. The smallest absolute Gasteiger partial charge is 0.337 e. The van der Waals surface area contributed by atoms with Crippen LogP contribution in [0.1, 0.15) is 20.7 Å². The van der Waals surface area contributed by atoms with Crippen LogP contribution in [0, 0.1) is 11.6 Å². The maximum absolute atomic E-state index is 13.2. The van der Waals surface area contributed by atoms with E-state index in [9.17, 15) is 23.5 Å². The van der Waals surface area contributed by atoms with Gasteiger partial charge in [-0.25, -0.2) is 13.6 Å². The molecule has 0 aliphatic carbocycles. The molecule has 3 N–H and O–H groups in total. The molecule has 2 rings (SSSR count). The Morgan fingerprint density at radius 1 is 1.00 bits per heavy atom. The van der Waals surface area contributed by atoms with Gasteiger partial charge in [-0.15, -0.1) is 0 Å². The normalized spacial score (nSPS) is 10.2. The predicted molar refractivity (Wildman–Crippen MR) is 69.4 cm³/mol. The van der Waals surface area contributed by atoms with Gasteiger partial charge in [-0.2, -0.15) is 0 Å². The number of carbonyl (C=O) groups is 2. The van der Waals surface area contributed by atoms with Crippen molar-refractivity contribution in [3.8, 4) is 5.75 Å². The number of aromatic hydroxyl groups is 1. The molecule has 1 amide bonds. The summed E-state index contributed by atoms with van der Waals surface area (Å²) in [5.41, 5.74) is -1.13. The molecule has 0 aromatic heterocycles. The number of phenolic OH excluding ortho intramolecular Hbond substituents is 1. The van der Waals surface area contributed by atoms with Crippen LogP contribution in [0.15, 0.2) is 36.4 Å². The molecular weight excluding hydrogens is 284 g/mol. The second-order valence-electron chi connectivity index (χ2n) is 4.09. The average molecular weight is 293 g/mol. The van der Waals surface area contributed by atoms with Gasteiger partial charge in [-0.1, -0.05) is 12.1 Å². The number of aromatic carboxylic acids is 1. The summed E-state index contributed by atoms with van der Waals surface area (Å²) in [6.45, 7) is 0. The van der Waals surface area contributed by atoms with Gasteiger partial charge in [0.15, 0.2) is 11.6 Å². The summed E-state index contributed by atoms with van der Waals surface area (Å²) in [4.78, 5) is 22.9. The molecule has 0 saturated heterocycles. The van der Waals surface area contributed by atoms with E-state index in [1.165, 1.54) is 24.3 Å². The van der Waals surface area contributed by atoms with Crippen LogP contribution in [-0.4, -0.2) is 22.1 Å². The molecule has 0 aliphatic heterocycles. The number of phenols is 1. The highest BCUT2D eigenvalue weighted by molar-refractivity contribution is 6.09. The van der Waals surface area contributed by atoms with Crippen molar-refractivity contribution < 1.29 is 28.6 Å². The molecule has 0 aliphatic rings. The molecule has 5 nitrogen and oxygen atoms in total. The van der Waals surface area contributed by atoms with E-state index in [0.717, 1.165) is 0 Å². The summed E-state index contributed by atoms with van der Waals surface area (Å²) >= 11 is 0. The topological polar surface area (TPSA) is 86.6 Å². The Bertz CT molecular complexity index is 731. The van der Waals surface area contributed by atoms with E-state index in [4.69, 9.17) is 5.11 Å². The molecule has 0 radical (unpaired) electrons. The number of carboxylic acid groups (broad SMARTS) is 1. The lowest BCUT2D eigenvalue weighted by Gasteiger charge is -2.10. The average Bonchev–Trinajstić information content (AvgIpc) is 2.42. The number of halogens is 2. The fourth-order valence-corrected chi connectivity index (χ4v) is 1.68. The van der Waals surface area contributed by atoms with E-state index in [1.807, 2.05) is 0 Å². The van der Waals surface area contributed by atoms with Gasteiger partial charge in [-0.05, 0) is 18.2 Å². The third-order valence-corrected chi connectivity index (χ3v) is 2.69. The first kappa shape index (κ1) is 14.4. The summed E-state index contributed by atoms with van der Waals surface area (Å²) < 4.78 is 26.2. The highest BCUT2D eigenvalue weighted by Crippen LogP contribution is 2.23. The molecular formula is C14H9F2NO4. The van der Waals surface area contributed by atoms with Crippen LogP contribution >= 0.6 is 0 Å². The van der Waals surface area contributed by atoms with Crippen molar-refractivity contribution >= 4 is 17.6 Å². The van der Waals surface area contributed by atoms with Gasteiger partial charge in [0.25, 0.3) is 5.91 Å². The standard InChI is InChI=1S/C14H9F2NO4/c15-9-5-8(14(20)21)11(6-10(9)16)17-13(19)7-3-1-2-4-12(7)18/h1-6,18H,(H,17,19)(H,20,21). The molecule has 2 aromatic carbocycles. The first-order chi connectivity index (χ1) is 9.90. The number of benzene rings is 2. The van der Waals surface area contributed by atoms with Crippen molar-refractivity contribution in [3.05, 3.63) is 59.2 Å². The fourth-order valence-electron chi connectivity index (χ4n) is 1.68. The minimum Gasteiger partial charge on any atom is -0.507 e. The van der Waals surface area contributed by atoms with Crippen molar-refractivity contribution in [3.63, 3.8) is 0 Å². The Labute approximate surface area is 117 Å². The van der Waals surface area contributed by atoms with E-state index >= 15 is 0 Å². The van der Waals surface area contributed by atoms with Crippen LogP contribution in [0.4, 0.5) is 14.5 Å². The molecule has 0 bridgehead atoms. The minimum absolute atomic E-state index is 0.126. The van der Waals surface area contributed by atoms with Crippen LogP contribution in [0.5, 0.6) is 5.75 Å². The molecule has 0 fully saturated rings. The van der Waals surface area contributed by atoms with Gasteiger partial charge in [0.2, 0.25) is 0 Å². The zero-order chi connectivity index (χ0) is 15.6. The van der Waals surface area contributed by atoms with E-state index in [1.54, 1.807) is 0 Å². The van der Waals surface area contributed by atoms with Crippen LogP contribution in [0.2, 0.25) is 0 Å². The molecule has 21 heavy (non-hydrogen) atoms. The SMILES string of the molecule is O=C(Nc1cc(F)c(F)cc1C(=O)O)c1ccccc1O. The molecule has 7 heteroatoms. The van der Waals surface area contributed by atoms with E-state index < -0.39 is 34.8 Å². The molecule has 0 unspecified atom stereocenters. The van der Waals surface area contributed by atoms with Crippen molar-refractivity contribution in [1.29, 1.82) is 0 Å². The first-order valence-corrected chi connectivity index (χ1v) is 5.72. The Balaban J connectivity index is 2.40. The molecule has 0 saturated carbocycles. The van der Waals surface area contributed by atoms with Crippen molar-refractivity contribution in [1.82, 2.24) is 0 Å². The summed E-state index contributed by atoms with van der Waals surface area (Å²) in [6, 6.07) is 6.57. The third-order valence-electron chi connectivity index (χ3n) is 2.69. The lowest BCUT2D eigenvalue weighted by Crippen LogP contribution is -2.15. The largest absolute Gasteiger partial charge is 0.507 e. The Morgan fingerprint density at radius 2 is 1.62 bits per heavy atom. The number of hydrogen-bond donors (Lipinski definition) is 3. The van der Waals surface area contributed by atoms with Crippen molar-refractivity contribution in [2.24, 2.45) is 0 Å². The molecule has 0 atom stereocenters. The molecule has 2 aromatic rings. The van der Waals surface area contributed by atoms with Gasteiger partial charge in [0.05, 0.1) is 16.8 Å². The lowest BCUT2D eigenvalue weighted by atomic mass is 10.1. The monoisotopic (exact) mass is 293 g/mol. The zero-order valence-corrected chi connectivity index (χ0v) is 10.4. The highest BCUT2D eigenvalue weighted by Gasteiger charge is 2.18. The van der Waals surface area contributed by atoms with E-state index in [2.05, 4.69) is 5.32 Å². The Hall–Kier alpha value is -2.96. The highest BCUT2D eigenvalue weighted by atomic mass is 19.2. The van der Waals surface area contributed by atoms with Crippen LogP contribution in [0.25, 0.3) is 0 Å². The maximum Gasteiger partial charge on any atom is 0.337 e. The quantitative estimate of drug-likeness (QED) is 0.812. The van der Waals surface area contributed by atoms with E-state index in [0.29, 0.717) is 12.1 Å². The number of amides is 1. The van der Waals surface area contributed by atoms with Crippen LogP contribution in [0.3, 0.4) is 0 Å². The fraction of sp³-hybridized carbons (Fsp3) is 0. The second kappa shape index (κ2) is 5.58. The molecule has 0 spiro atoms. The van der Waals surface area contributed by atoms with Crippen LogP contribution < -0.4 is 5.32 Å². The molecule has 108 valence electrons. The summed E-state index contributed by atoms with van der Waals surface area (Å²) in [7, 11) is 0. The third kappa shape index (κ3) is 2.97. The maximum atomic E-state index is 13.2. The van der Waals surface area contributed by atoms with Gasteiger partial charge in [0, 0.05) is 6.07 Å². The van der Waals surface area contributed by atoms with E-state index in [-0.39, 0.29) is 11.3 Å². The number of rotatable bonds is 3. The summed E-state index contributed by atoms with van der Waals surface area (Å²) in [6.07, 6.45) is 0. The predicted octanol–water partition coefficient (Wildman–Crippen LogP) is 2.62. The van der Waals surface area contributed by atoms with Gasteiger partial charge in [-0.3, -0.25) is 4.79 Å². The Morgan fingerprint density at radius 3 is 2.24 bits per heavy atom. The first-order valence-electron chi connectivity index (χ1n) is 5.72. The van der Waals surface area contributed by atoms with Crippen molar-refractivity contribution in [2.45, 2.75) is 0 Å². The van der Waals surface area contributed by atoms with Gasteiger partial charge < -0.3 is 15.5 Å². The van der Waals surface area contributed by atoms with Crippen LogP contribution in [-0.2, 0) is 0 Å². The van der Waals surface area contributed by atoms with Gasteiger partial charge >= 0.3 is 5.97 Å². The number of para-hydroxylation sites is 1. The molecule has 0 heterocycles.